The molecule has 0 aliphatic rings. The number of carbonyl (C=O) groups excluding carboxylic acids is 2. The third kappa shape index (κ3) is 5.28. The van der Waals surface area contributed by atoms with E-state index in [2.05, 4.69) is 15.3 Å². The van der Waals surface area contributed by atoms with E-state index in [0.717, 1.165) is 12.1 Å². The molecule has 6 nitrogen and oxygen atoms in total. The summed E-state index contributed by atoms with van der Waals surface area (Å²) in [6.07, 6.45) is -3.09. The highest BCUT2D eigenvalue weighted by Gasteiger charge is 2.30. The van der Waals surface area contributed by atoms with Crippen LogP contribution in [0.4, 0.5) is 13.2 Å². The van der Waals surface area contributed by atoms with Crippen LogP contribution in [-0.2, 0) is 28.6 Å². The van der Waals surface area contributed by atoms with E-state index in [1.807, 2.05) is 6.07 Å². The Kier molecular flexibility index (Phi) is 5.76. The van der Waals surface area contributed by atoms with Gasteiger partial charge in [-0.25, -0.2) is 4.98 Å². The molecule has 3 rings (SSSR count). The number of amides is 2. The molecule has 0 saturated carbocycles. The molecule has 29 heavy (non-hydrogen) atoms. The third-order valence-corrected chi connectivity index (χ3v) is 4.24. The van der Waals surface area contributed by atoms with Crippen LogP contribution in [0.2, 0.25) is 0 Å². The maximum atomic E-state index is 12.6. The van der Waals surface area contributed by atoms with Crippen LogP contribution in [0.5, 0.6) is 0 Å². The average Bonchev–Trinajstić information content (AvgIpc) is 2.67. The number of nitrogens with one attached hydrogen (secondary N) is 1. The van der Waals surface area contributed by atoms with E-state index in [1.165, 1.54) is 18.3 Å². The summed E-state index contributed by atoms with van der Waals surface area (Å²) >= 11 is 0. The van der Waals surface area contributed by atoms with Crippen LogP contribution < -0.4 is 11.1 Å². The molecule has 150 valence electrons. The molecule has 3 N–H and O–H groups in total. The van der Waals surface area contributed by atoms with E-state index in [9.17, 15) is 22.8 Å². The predicted octanol–water partition coefficient (Wildman–Crippen LogP) is 2.40. The standard InChI is InChI=1S/C20H17F3N4O2/c21-20(22,23)13-7-5-12(6-8-13)9-18(28)27-17(19(24)29)10-14-11-25-15-3-1-2-4-16(15)26-14/h1-8,11,17H,9-10H2,(H2,24,29)(H,27,28)/t17-/m1/s1. The highest BCUT2D eigenvalue weighted by atomic mass is 19.4. The molecule has 1 aromatic heterocycles. The summed E-state index contributed by atoms with van der Waals surface area (Å²) < 4.78 is 37.8. The normalized spacial score (nSPS) is 12.5. The van der Waals surface area contributed by atoms with Crippen molar-refractivity contribution < 1.29 is 22.8 Å². The molecule has 0 aliphatic heterocycles. The molecule has 2 aromatic carbocycles. The molecule has 0 radical (unpaired) electrons. The van der Waals surface area contributed by atoms with E-state index in [-0.39, 0.29) is 12.8 Å². The molecule has 0 saturated heterocycles. The Morgan fingerprint density at radius 3 is 2.31 bits per heavy atom. The van der Waals surface area contributed by atoms with E-state index >= 15 is 0 Å². The molecule has 3 aromatic rings. The number of nitrogens with two attached hydrogens (primary N) is 1. The number of carbonyl (C=O) groups is 2. The largest absolute Gasteiger partial charge is 0.416 e. The molecule has 1 atom stereocenters. The predicted molar refractivity (Wildman–Crippen MR) is 99.5 cm³/mol. The fraction of sp³-hybridized carbons (Fsp3) is 0.200. The Labute approximate surface area is 164 Å². The fourth-order valence-electron chi connectivity index (χ4n) is 2.77. The van der Waals surface area contributed by atoms with Crippen molar-refractivity contribution in [2.75, 3.05) is 0 Å². The van der Waals surface area contributed by atoms with Crippen molar-refractivity contribution in [3.05, 3.63) is 71.5 Å². The Bertz CT molecular complexity index is 1040. The summed E-state index contributed by atoms with van der Waals surface area (Å²) in [6.45, 7) is 0. The van der Waals surface area contributed by atoms with Crippen molar-refractivity contribution in [1.82, 2.24) is 15.3 Å². The summed E-state index contributed by atoms with van der Waals surface area (Å²) in [5.74, 6) is -1.29. The van der Waals surface area contributed by atoms with Gasteiger partial charge in [0, 0.05) is 12.6 Å². The van der Waals surface area contributed by atoms with Gasteiger partial charge in [0.15, 0.2) is 0 Å². The first-order chi connectivity index (χ1) is 13.7. The van der Waals surface area contributed by atoms with Gasteiger partial charge in [0.2, 0.25) is 11.8 Å². The summed E-state index contributed by atoms with van der Waals surface area (Å²) in [5, 5.41) is 2.50. The van der Waals surface area contributed by atoms with Gasteiger partial charge < -0.3 is 11.1 Å². The molecule has 0 aliphatic carbocycles. The van der Waals surface area contributed by atoms with Crippen LogP contribution in [0.15, 0.2) is 54.7 Å². The SMILES string of the molecule is NC(=O)[C@@H](Cc1cnc2ccccc2n1)NC(=O)Cc1ccc(C(F)(F)F)cc1. The first kappa shape index (κ1) is 20.2. The molecule has 0 unspecified atom stereocenters. The molecule has 9 heteroatoms. The minimum Gasteiger partial charge on any atom is -0.368 e. The van der Waals surface area contributed by atoms with Crippen molar-refractivity contribution in [2.45, 2.75) is 25.1 Å². The minimum absolute atomic E-state index is 0.0475. The first-order valence-electron chi connectivity index (χ1n) is 8.68. The molecule has 0 spiro atoms. The number of primary amides is 1. The second-order valence-corrected chi connectivity index (χ2v) is 6.45. The number of alkyl halides is 3. The van der Waals surface area contributed by atoms with Crippen LogP contribution in [-0.4, -0.2) is 27.8 Å². The number of benzene rings is 2. The summed E-state index contributed by atoms with van der Waals surface area (Å²) in [7, 11) is 0. The van der Waals surface area contributed by atoms with Crippen molar-refractivity contribution in [2.24, 2.45) is 5.73 Å². The van der Waals surface area contributed by atoms with E-state index in [0.29, 0.717) is 22.3 Å². The Balaban J connectivity index is 1.66. The Morgan fingerprint density at radius 1 is 1.03 bits per heavy atom. The van der Waals surface area contributed by atoms with Gasteiger partial charge in [0.05, 0.1) is 28.7 Å². The van der Waals surface area contributed by atoms with Gasteiger partial charge in [-0.1, -0.05) is 24.3 Å². The van der Waals surface area contributed by atoms with Crippen molar-refractivity contribution in [3.8, 4) is 0 Å². The number of aromatic nitrogens is 2. The van der Waals surface area contributed by atoms with Gasteiger partial charge in [-0.05, 0) is 29.8 Å². The number of para-hydroxylation sites is 2. The lowest BCUT2D eigenvalue weighted by molar-refractivity contribution is -0.137. The zero-order valence-electron chi connectivity index (χ0n) is 15.1. The van der Waals surface area contributed by atoms with Gasteiger partial charge in [-0.2, -0.15) is 13.2 Å². The number of halogens is 3. The number of rotatable bonds is 6. The Hall–Kier alpha value is -3.49. The maximum Gasteiger partial charge on any atom is 0.416 e. The van der Waals surface area contributed by atoms with Crippen molar-refractivity contribution in [3.63, 3.8) is 0 Å². The number of hydrogen-bond acceptors (Lipinski definition) is 4. The van der Waals surface area contributed by atoms with Gasteiger partial charge in [0.25, 0.3) is 0 Å². The number of nitrogens with zero attached hydrogens (tertiary/aromatic N) is 2. The van der Waals surface area contributed by atoms with Crippen molar-refractivity contribution >= 4 is 22.8 Å². The van der Waals surface area contributed by atoms with E-state index < -0.39 is 29.6 Å². The first-order valence-corrected chi connectivity index (χ1v) is 8.68. The Morgan fingerprint density at radius 2 is 1.69 bits per heavy atom. The lowest BCUT2D eigenvalue weighted by atomic mass is 10.1. The molecular formula is C20H17F3N4O2. The van der Waals surface area contributed by atoms with Gasteiger partial charge in [-0.3, -0.25) is 14.6 Å². The van der Waals surface area contributed by atoms with Gasteiger partial charge >= 0.3 is 6.18 Å². The number of fused-ring (bicyclic) bond motifs is 1. The lowest BCUT2D eigenvalue weighted by Crippen LogP contribution is -2.46. The van der Waals surface area contributed by atoms with Gasteiger partial charge in [-0.15, -0.1) is 0 Å². The van der Waals surface area contributed by atoms with Crippen LogP contribution in [0, 0.1) is 0 Å². The zero-order valence-corrected chi connectivity index (χ0v) is 15.1. The molecular weight excluding hydrogens is 385 g/mol. The highest BCUT2D eigenvalue weighted by molar-refractivity contribution is 5.87. The zero-order chi connectivity index (χ0) is 21.0. The van der Waals surface area contributed by atoms with Crippen LogP contribution in [0.1, 0.15) is 16.8 Å². The van der Waals surface area contributed by atoms with Crippen LogP contribution in [0.25, 0.3) is 11.0 Å². The van der Waals surface area contributed by atoms with E-state index in [1.54, 1.807) is 18.2 Å². The summed E-state index contributed by atoms with van der Waals surface area (Å²) in [6, 6.07) is 10.4. The third-order valence-electron chi connectivity index (χ3n) is 4.24. The second-order valence-electron chi connectivity index (χ2n) is 6.45. The summed E-state index contributed by atoms with van der Waals surface area (Å²) in [4.78, 5) is 32.6. The van der Waals surface area contributed by atoms with Crippen LogP contribution >= 0.6 is 0 Å². The average molecular weight is 402 g/mol. The highest BCUT2D eigenvalue weighted by Crippen LogP contribution is 2.29. The lowest BCUT2D eigenvalue weighted by Gasteiger charge is -2.15. The molecule has 0 fully saturated rings. The quantitative estimate of drug-likeness (QED) is 0.662. The van der Waals surface area contributed by atoms with E-state index in [4.69, 9.17) is 5.73 Å². The second kappa shape index (κ2) is 8.26. The number of hydrogen-bond donors (Lipinski definition) is 2. The van der Waals surface area contributed by atoms with Gasteiger partial charge in [0.1, 0.15) is 6.04 Å². The monoisotopic (exact) mass is 402 g/mol. The molecule has 1 heterocycles. The fourth-order valence-corrected chi connectivity index (χ4v) is 2.77. The smallest absolute Gasteiger partial charge is 0.368 e. The summed E-state index contributed by atoms with van der Waals surface area (Å²) in [5.41, 5.74) is 6.77. The van der Waals surface area contributed by atoms with Crippen molar-refractivity contribution in [1.29, 1.82) is 0 Å². The topological polar surface area (TPSA) is 98.0 Å². The van der Waals surface area contributed by atoms with Crippen LogP contribution in [0.3, 0.4) is 0 Å². The minimum atomic E-state index is -4.45. The maximum absolute atomic E-state index is 12.6. The molecule has 2 amide bonds. The molecule has 0 bridgehead atoms.